The Morgan fingerprint density at radius 3 is 2.57 bits per heavy atom. The van der Waals surface area contributed by atoms with Gasteiger partial charge in [0, 0.05) is 33.3 Å². The minimum Gasteiger partial charge on any atom is -0.495 e. The molecule has 21 heavy (non-hydrogen) atoms. The average Bonchev–Trinajstić information content (AvgIpc) is 2.43. The lowest BCUT2D eigenvalue weighted by Gasteiger charge is -2.12. The monoisotopic (exact) mass is 316 g/mol. The van der Waals surface area contributed by atoms with Gasteiger partial charge in [0.05, 0.1) is 17.7 Å². The van der Waals surface area contributed by atoms with Crippen LogP contribution in [0, 0.1) is 0 Å². The number of rotatable bonds is 8. The quantitative estimate of drug-likeness (QED) is 0.697. The lowest BCUT2D eigenvalue weighted by Crippen LogP contribution is -2.25. The maximum Gasteiger partial charge on any atom is 0.240 e. The summed E-state index contributed by atoms with van der Waals surface area (Å²) in [4.78, 5) is 11.1. The average molecular weight is 316 g/mol. The molecule has 0 radical (unpaired) electrons. The van der Waals surface area contributed by atoms with Gasteiger partial charge in [0.25, 0.3) is 0 Å². The molecule has 118 valence electrons. The Kier molecular flexibility index (Phi) is 6.60. The highest BCUT2D eigenvalue weighted by Gasteiger charge is 2.16. The fourth-order valence-corrected chi connectivity index (χ4v) is 2.73. The fraction of sp³-hybridized carbons (Fsp3) is 0.462. The van der Waals surface area contributed by atoms with Gasteiger partial charge in [-0.25, -0.2) is 13.1 Å². The summed E-state index contributed by atoms with van der Waals surface area (Å²) < 4.78 is 36.6. The number of anilines is 1. The number of ether oxygens (including phenoxy) is 2. The van der Waals surface area contributed by atoms with Crippen LogP contribution < -0.4 is 14.8 Å². The largest absolute Gasteiger partial charge is 0.495 e. The first kappa shape index (κ1) is 17.4. The second-order valence-corrected chi connectivity index (χ2v) is 6.05. The van der Waals surface area contributed by atoms with E-state index in [4.69, 9.17) is 9.47 Å². The van der Waals surface area contributed by atoms with Crippen molar-refractivity contribution in [3.8, 4) is 5.75 Å². The molecule has 8 heteroatoms. The predicted molar refractivity (Wildman–Crippen MR) is 79.0 cm³/mol. The molecule has 0 aliphatic carbocycles. The van der Waals surface area contributed by atoms with E-state index in [1.165, 1.54) is 32.2 Å². The molecule has 0 saturated carbocycles. The van der Waals surface area contributed by atoms with Gasteiger partial charge in [-0.3, -0.25) is 4.79 Å². The van der Waals surface area contributed by atoms with Crippen molar-refractivity contribution in [3.63, 3.8) is 0 Å². The smallest absolute Gasteiger partial charge is 0.240 e. The Morgan fingerprint density at radius 2 is 2.00 bits per heavy atom. The highest BCUT2D eigenvalue weighted by atomic mass is 32.2. The molecule has 0 unspecified atom stereocenters. The normalized spacial score (nSPS) is 11.2. The summed E-state index contributed by atoms with van der Waals surface area (Å²) in [6.45, 7) is 2.13. The van der Waals surface area contributed by atoms with Crippen molar-refractivity contribution < 1.29 is 22.7 Å². The van der Waals surface area contributed by atoms with Gasteiger partial charge in [0.1, 0.15) is 5.75 Å². The maximum atomic E-state index is 12.1. The second-order valence-electron chi connectivity index (χ2n) is 4.29. The Hall–Kier alpha value is -1.64. The number of carbonyl (C=O) groups excluding carboxylic acids is 1. The molecule has 0 heterocycles. The van der Waals surface area contributed by atoms with Gasteiger partial charge in [-0.1, -0.05) is 0 Å². The molecule has 0 bridgehead atoms. The number of carbonyl (C=O) groups is 1. The zero-order valence-corrected chi connectivity index (χ0v) is 13.1. The van der Waals surface area contributed by atoms with Gasteiger partial charge in [-0.2, -0.15) is 0 Å². The SMILES string of the molecule is COCCCNS(=O)(=O)c1ccc(NC(C)=O)c(OC)c1. The fourth-order valence-electron chi connectivity index (χ4n) is 1.64. The van der Waals surface area contributed by atoms with E-state index in [9.17, 15) is 13.2 Å². The molecular weight excluding hydrogens is 296 g/mol. The number of methoxy groups -OCH3 is 2. The summed E-state index contributed by atoms with van der Waals surface area (Å²) in [6, 6.07) is 4.26. The lowest BCUT2D eigenvalue weighted by molar-refractivity contribution is -0.114. The molecule has 1 rings (SSSR count). The standard InChI is InChI=1S/C13H20N2O5S/c1-10(16)15-12-6-5-11(9-13(12)20-3)21(17,18)14-7-4-8-19-2/h5-6,9,14H,4,7-8H2,1-3H3,(H,15,16). The third-order valence-electron chi connectivity index (χ3n) is 2.61. The van der Waals surface area contributed by atoms with Gasteiger partial charge >= 0.3 is 0 Å². The zero-order chi connectivity index (χ0) is 15.9. The zero-order valence-electron chi connectivity index (χ0n) is 12.3. The van der Waals surface area contributed by atoms with Gasteiger partial charge in [-0.15, -0.1) is 0 Å². The molecule has 1 aromatic carbocycles. The van der Waals surface area contributed by atoms with Gasteiger partial charge in [0.2, 0.25) is 15.9 Å². The van der Waals surface area contributed by atoms with Gasteiger partial charge in [-0.05, 0) is 18.6 Å². The molecule has 1 aromatic rings. The molecule has 0 aliphatic heterocycles. The van der Waals surface area contributed by atoms with E-state index < -0.39 is 10.0 Å². The van der Waals surface area contributed by atoms with Crippen molar-refractivity contribution in [1.29, 1.82) is 0 Å². The van der Waals surface area contributed by atoms with Crippen molar-refractivity contribution in [3.05, 3.63) is 18.2 Å². The van der Waals surface area contributed by atoms with Crippen molar-refractivity contribution in [2.24, 2.45) is 0 Å². The van der Waals surface area contributed by atoms with Gasteiger partial charge in [0.15, 0.2) is 0 Å². The van der Waals surface area contributed by atoms with Gasteiger partial charge < -0.3 is 14.8 Å². The number of benzene rings is 1. The number of amides is 1. The van der Waals surface area contributed by atoms with Crippen molar-refractivity contribution in [2.75, 3.05) is 32.7 Å². The van der Waals surface area contributed by atoms with Crippen LogP contribution in [-0.4, -0.2) is 41.7 Å². The van der Waals surface area contributed by atoms with Crippen molar-refractivity contribution in [1.82, 2.24) is 4.72 Å². The molecule has 1 amide bonds. The van der Waals surface area contributed by atoms with E-state index in [1.807, 2.05) is 0 Å². The predicted octanol–water partition coefficient (Wildman–Crippen LogP) is 0.968. The van der Waals surface area contributed by atoms with Crippen LogP contribution in [0.25, 0.3) is 0 Å². The molecule has 0 aliphatic rings. The Labute approximate surface area is 124 Å². The molecule has 7 nitrogen and oxygen atoms in total. The van der Waals surface area contributed by atoms with Crippen molar-refractivity contribution >= 4 is 21.6 Å². The summed E-state index contributed by atoms with van der Waals surface area (Å²) in [5, 5.41) is 2.57. The van der Waals surface area contributed by atoms with E-state index >= 15 is 0 Å². The highest BCUT2D eigenvalue weighted by Crippen LogP contribution is 2.27. The topological polar surface area (TPSA) is 93.7 Å². The molecular formula is C13H20N2O5S. The first-order valence-electron chi connectivity index (χ1n) is 6.35. The number of hydrogen-bond donors (Lipinski definition) is 2. The summed E-state index contributed by atoms with van der Waals surface area (Å²) >= 11 is 0. The van der Waals surface area contributed by atoms with Crippen LogP contribution in [0.2, 0.25) is 0 Å². The first-order chi connectivity index (χ1) is 9.90. The number of hydrogen-bond acceptors (Lipinski definition) is 5. The summed E-state index contributed by atoms with van der Waals surface area (Å²) in [5.74, 6) is 0.0200. The van der Waals surface area contributed by atoms with Crippen LogP contribution in [0.15, 0.2) is 23.1 Å². The van der Waals surface area contributed by atoms with Crippen LogP contribution in [-0.2, 0) is 19.6 Å². The summed E-state index contributed by atoms with van der Waals surface area (Å²) in [5.41, 5.74) is 0.420. The van der Waals surface area contributed by atoms with Crippen LogP contribution >= 0.6 is 0 Å². The third-order valence-corrected chi connectivity index (χ3v) is 4.07. The Balaban J connectivity index is 2.89. The molecule has 0 aromatic heterocycles. The van der Waals surface area contributed by atoms with Crippen LogP contribution in [0.3, 0.4) is 0 Å². The van der Waals surface area contributed by atoms with Crippen LogP contribution in [0.4, 0.5) is 5.69 Å². The second kappa shape index (κ2) is 7.96. The minimum absolute atomic E-state index is 0.0749. The van der Waals surface area contributed by atoms with E-state index in [-0.39, 0.29) is 23.1 Å². The number of nitrogens with one attached hydrogen (secondary N) is 2. The van der Waals surface area contributed by atoms with E-state index in [1.54, 1.807) is 7.11 Å². The van der Waals surface area contributed by atoms with E-state index in [0.717, 1.165) is 0 Å². The molecule has 0 atom stereocenters. The Morgan fingerprint density at radius 1 is 1.29 bits per heavy atom. The molecule has 0 spiro atoms. The Bertz CT molecular complexity index is 586. The van der Waals surface area contributed by atoms with Crippen molar-refractivity contribution in [2.45, 2.75) is 18.2 Å². The third kappa shape index (κ3) is 5.33. The van der Waals surface area contributed by atoms with E-state index in [0.29, 0.717) is 18.7 Å². The highest BCUT2D eigenvalue weighted by molar-refractivity contribution is 7.89. The molecule has 2 N–H and O–H groups in total. The molecule has 0 saturated heterocycles. The molecule has 0 fully saturated rings. The first-order valence-corrected chi connectivity index (χ1v) is 7.83. The lowest BCUT2D eigenvalue weighted by atomic mass is 10.3. The minimum atomic E-state index is -3.62. The summed E-state index contributed by atoms with van der Waals surface area (Å²) in [7, 11) is -0.655. The van der Waals surface area contributed by atoms with Crippen LogP contribution in [0.5, 0.6) is 5.75 Å². The summed E-state index contributed by atoms with van der Waals surface area (Å²) in [6.07, 6.45) is 0.580. The van der Waals surface area contributed by atoms with E-state index in [2.05, 4.69) is 10.0 Å². The van der Waals surface area contributed by atoms with Crippen LogP contribution in [0.1, 0.15) is 13.3 Å². The maximum absolute atomic E-state index is 12.1. The number of sulfonamides is 1.